The van der Waals surface area contributed by atoms with Gasteiger partial charge in [0.05, 0.1) is 0 Å². The van der Waals surface area contributed by atoms with Gasteiger partial charge in [0.2, 0.25) is 0 Å². The minimum absolute atomic E-state index is 0.0291. The lowest BCUT2D eigenvalue weighted by atomic mass is 10.0. The maximum atomic E-state index is 12.7. The number of carbonyl (C=O) groups is 2. The summed E-state index contributed by atoms with van der Waals surface area (Å²) in [5, 5.41) is 9.34. The van der Waals surface area contributed by atoms with Crippen LogP contribution in [0.1, 0.15) is 53.4 Å². The highest BCUT2D eigenvalue weighted by Crippen LogP contribution is 2.26. The Bertz CT molecular complexity index is 346. The molecule has 0 bridgehead atoms. The van der Waals surface area contributed by atoms with E-state index in [1.165, 1.54) is 0 Å². The molecule has 0 aromatic heterocycles. The van der Waals surface area contributed by atoms with E-state index in [0.29, 0.717) is 13.1 Å². The Morgan fingerprint density at radius 2 is 2.05 bits per heavy atom. The van der Waals surface area contributed by atoms with Crippen molar-refractivity contribution in [2.24, 2.45) is 5.92 Å². The molecule has 3 atom stereocenters. The van der Waals surface area contributed by atoms with Crippen LogP contribution in [-0.4, -0.2) is 52.1 Å². The van der Waals surface area contributed by atoms with Crippen LogP contribution in [0.15, 0.2) is 0 Å². The van der Waals surface area contributed by atoms with Gasteiger partial charge in [-0.25, -0.2) is 9.59 Å². The molecule has 0 aromatic carbocycles. The Morgan fingerprint density at radius 1 is 1.40 bits per heavy atom. The third-order valence-corrected chi connectivity index (χ3v) is 4.32. The Kier molecular flexibility index (Phi) is 6.30. The summed E-state index contributed by atoms with van der Waals surface area (Å²) < 4.78 is 0. The number of nitrogens with zero attached hydrogens (tertiary/aromatic N) is 2. The van der Waals surface area contributed by atoms with Gasteiger partial charge >= 0.3 is 12.0 Å². The molecular weight excluding hydrogens is 256 g/mol. The highest BCUT2D eigenvalue weighted by atomic mass is 16.4. The lowest BCUT2D eigenvalue weighted by molar-refractivity contribution is -0.142. The van der Waals surface area contributed by atoms with Gasteiger partial charge in [-0.3, -0.25) is 0 Å². The summed E-state index contributed by atoms with van der Waals surface area (Å²) in [5.74, 6) is -0.857. The Morgan fingerprint density at radius 3 is 2.55 bits per heavy atom. The predicted octanol–water partition coefficient (Wildman–Crippen LogP) is 2.80. The molecule has 2 amide bonds. The Hall–Kier alpha value is -1.26. The van der Waals surface area contributed by atoms with E-state index in [-0.39, 0.29) is 18.0 Å². The van der Waals surface area contributed by atoms with E-state index in [9.17, 15) is 14.7 Å². The van der Waals surface area contributed by atoms with Crippen molar-refractivity contribution >= 4 is 12.0 Å². The molecule has 116 valence electrons. The number of carboxylic acids is 1. The number of urea groups is 1. The van der Waals surface area contributed by atoms with Crippen molar-refractivity contribution in [3.63, 3.8) is 0 Å². The number of aliphatic carboxylic acids is 1. The Balaban J connectivity index is 2.85. The zero-order valence-corrected chi connectivity index (χ0v) is 13.1. The molecule has 0 aliphatic carbocycles. The summed E-state index contributed by atoms with van der Waals surface area (Å²) in [7, 11) is 0. The summed E-state index contributed by atoms with van der Waals surface area (Å²) in [5.41, 5.74) is 0. The van der Waals surface area contributed by atoms with Crippen molar-refractivity contribution in [3.05, 3.63) is 0 Å². The normalized spacial score (nSPS) is 23.7. The van der Waals surface area contributed by atoms with E-state index < -0.39 is 12.0 Å². The van der Waals surface area contributed by atoms with Crippen molar-refractivity contribution < 1.29 is 14.7 Å². The summed E-state index contributed by atoms with van der Waals surface area (Å²) in [6.45, 7) is 9.35. The van der Waals surface area contributed by atoms with Gasteiger partial charge in [-0.05, 0) is 32.1 Å². The van der Waals surface area contributed by atoms with Crippen molar-refractivity contribution in [1.29, 1.82) is 0 Å². The molecule has 1 heterocycles. The summed E-state index contributed by atoms with van der Waals surface area (Å²) in [4.78, 5) is 27.5. The van der Waals surface area contributed by atoms with Crippen molar-refractivity contribution in [2.45, 2.75) is 65.5 Å². The SMILES string of the molecule is CCCCN(C(=O)N1CCC(C)C1C(=O)O)C(C)CC. The molecule has 5 nitrogen and oxygen atoms in total. The summed E-state index contributed by atoms with van der Waals surface area (Å²) >= 11 is 0. The number of hydrogen-bond acceptors (Lipinski definition) is 2. The van der Waals surface area contributed by atoms with Gasteiger partial charge in [-0.2, -0.15) is 0 Å². The number of likely N-dealkylation sites (tertiary alicyclic amines) is 1. The maximum Gasteiger partial charge on any atom is 0.326 e. The van der Waals surface area contributed by atoms with E-state index in [0.717, 1.165) is 25.7 Å². The number of carboxylic acid groups (broad SMARTS) is 1. The number of rotatable bonds is 6. The van der Waals surface area contributed by atoms with Crippen LogP contribution in [0.2, 0.25) is 0 Å². The highest BCUT2D eigenvalue weighted by Gasteiger charge is 2.41. The largest absolute Gasteiger partial charge is 0.480 e. The molecule has 0 radical (unpaired) electrons. The van der Waals surface area contributed by atoms with Crippen molar-refractivity contribution in [1.82, 2.24) is 9.80 Å². The molecular formula is C15H28N2O3. The topological polar surface area (TPSA) is 60.9 Å². The second kappa shape index (κ2) is 7.50. The standard InChI is InChI=1S/C15H28N2O3/c1-5-7-9-16(12(4)6-2)15(20)17-10-8-11(3)13(17)14(18)19/h11-13H,5-10H2,1-4H3,(H,18,19). The molecule has 1 N–H and O–H groups in total. The van der Waals surface area contributed by atoms with Crippen LogP contribution in [0.5, 0.6) is 0 Å². The molecule has 0 aromatic rings. The number of amides is 2. The molecule has 1 saturated heterocycles. The van der Waals surface area contributed by atoms with Gasteiger partial charge in [-0.1, -0.05) is 27.2 Å². The van der Waals surface area contributed by atoms with Gasteiger partial charge < -0.3 is 14.9 Å². The lowest BCUT2D eigenvalue weighted by Crippen LogP contribution is -2.52. The quantitative estimate of drug-likeness (QED) is 0.816. The average Bonchev–Trinajstić information content (AvgIpc) is 2.80. The summed E-state index contributed by atoms with van der Waals surface area (Å²) in [6.07, 6.45) is 3.64. The van der Waals surface area contributed by atoms with E-state index in [4.69, 9.17) is 0 Å². The molecule has 3 unspecified atom stereocenters. The molecule has 5 heteroatoms. The zero-order chi connectivity index (χ0) is 15.3. The fraction of sp³-hybridized carbons (Fsp3) is 0.867. The minimum atomic E-state index is -0.886. The molecule has 0 saturated carbocycles. The molecule has 20 heavy (non-hydrogen) atoms. The van der Waals surface area contributed by atoms with Crippen LogP contribution in [0, 0.1) is 5.92 Å². The fourth-order valence-electron chi connectivity index (χ4n) is 2.76. The molecule has 0 spiro atoms. The van der Waals surface area contributed by atoms with Gasteiger partial charge in [0, 0.05) is 19.1 Å². The van der Waals surface area contributed by atoms with Gasteiger partial charge in [0.1, 0.15) is 6.04 Å². The van der Waals surface area contributed by atoms with Crippen molar-refractivity contribution in [3.8, 4) is 0 Å². The molecule has 1 rings (SSSR count). The van der Waals surface area contributed by atoms with E-state index in [2.05, 4.69) is 13.8 Å². The van der Waals surface area contributed by atoms with Crippen LogP contribution in [0.3, 0.4) is 0 Å². The smallest absolute Gasteiger partial charge is 0.326 e. The first-order valence-corrected chi connectivity index (χ1v) is 7.74. The maximum absolute atomic E-state index is 12.7. The average molecular weight is 284 g/mol. The fourth-order valence-corrected chi connectivity index (χ4v) is 2.76. The number of carbonyl (C=O) groups excluding carboxylic acids is 1. The number of hydrogen-bond donors (Lipinski definition) is 1. The van der Waals surface area contributed by atoms with E-state index in [1.807, 2.05) is 18.7 Å². The van der Waals surface area contributed by atoms with E-state index in [1.54, 1.807) is 4.90 Å². The monoisotopic (exact) mass is 284 g/mol. The molecule has 1 aliphatic rings. The third-order valence-electron chi connectivity index (χ3n) is 4.32. The molecule has 1 fully saturated rings. The van der Waals surface area contributed by atoms with Crippen LogP contribution >= 0.6 is 0 Å². The van der Waals surface area contributed by atoms with Gasteiger partial charge in [0.15, 0.2) is 0 Å². The minimum Gasteiger partial charge on any atom is -0.480 e. The number of unbranched alkanes of at least 4 members (excludes halogenated alkanes) is 1. The first-order chi connectivity index (χ1) is 9.43. The predicted molar refractivity (Wildman–Crippen MR) is 78.7 cm³/mol. The second-order valence-corrected chi connectivity index (χ2v) is 5.83. The second-order valence-electron chi connectivity index (χ2n) is 5.83. The Labute approximate surface area is 121 Å². The summed E-state index contributed by atoms with van der Waals surface area (Å²) in [6, 6.07) is -0.625. The van der Waals surface area contributed by atoms with Crippen molar-refractivity contribution in [2.75, 3.05) is 13.1 Å². The van der Waals surface area contributed by atoms with Crippen LogP contribution in [-0.2, 0) is 4.79 Å². The highest BCUT2D eigenvalue weighted by molar-refractivity contribution is 5.83. The third kappa shape index (κ3) is 3.64. The molecule has 1 aliphatic heterocycles. The van der Waals surface area contributed by atoms with Crippen LogP contribution in [0.25, 0.3) is 0 Å². The van der Waals surface area contributed by atoms with Gasteiger partial charge in [0.25, 0.3) is 0 Å². The first kappa shape index (κ1) is 16.8. The zero-order valence-electron chi connectivity index (χ0n) is 13.1. The van der Waals surface area contributed by atoms with Gasteiger partial charge in [-0.15, -0.1) is 0 Å². The lowest BCUT2D eigenvalue weighted by Gasteiger charge is -2.34. The van der Waals surface area contributed by atoms with Crippen LogP contribution in [0.4, 0.5) is 4.79 Å². The first-order valence-electron chi connectivity index (χ1n) is 7.74. The van der Waals surface area contributed by atoms with E-state index >= 15 is 0 Å². The van der Waals surface area contributed by atoms with Crippen LogP contribution < -0.4 is 0 Å².